The lowest BCUT2D eigenvalue weighted by Gasteiger charge is -2.13. The summed E-state index contributed by atoms with van der Waals surface area (Å²) in [5.41, 5.74) is 3.87. The summed E-state index contributed by atoms with van der Waals surface area (Å²) in [6, 6.07) is 12.1. The Kier molecular flexibility index (Phi) is 3.48. The van der Waals surface area contributed by atoms with Crippen LogP contribution in [0.4, 0.5) is 5.69 Å². The Balaban J connectivity index is 1.89. The molecule has 0 aliphatic heterocycles. The van der Waals surface area contributed by atoms with Gasteiger partial charge in [0.1, 0.15) is 5.75 Å². The maximum atomic E-state index is 10.0. The summed E-state index contributed by atoms with van der Waals surface area (Å²) in [6.45, 7) is 4.50. The van der Waals surface area contributed by atoms with E-state index in [-0.39, 0.29) is 0 Å². The molecule has 3 rings (SSSR count). The summed E-state index contributed by atoms with van der Waals surface area (Å²) in [5.74, 6) is 0.357. The molecule has 0 atom stereocenters. The standard InChI is InChI=1S/C18H18N2O/c1-12-7-8-17(13(2)18(12)21)20-11-15-10-19-9-14-5-3-4-6-16(14)15/h3-10,20-21H,11H2,1-2H3. The van der Waals surface area contributed by atoms with E-state index in [9.17, 15) is 5.11 Å². The Morgan fingerprint density at radius 1 is 1.05 bits per heavy atom. The number of hydrogen-bond donors (Lipinski definition) is 2. The summed E-state index contributed by atoms with van der Waals surface area (Å²) in [6.07, 6.45) is 3.76. The molecule has 1 heterocycles. The molecule has 0 saturated carbocycles. The highest BCUT2D eigenvalue weighted by molar-refractivity contribution is 5.84. The SMILES string of the molecule is Cc1ccc(NCc2cncc3ccccc23)c(C)c1O. The van der Waals surface area contributed by atoms with Gasteiger partial charge in [-0.1, -0.05) is 30.3 Å². The second-order valence-corrected chi connectivity index (χ2v) is 5.28. The number of aromatic hydroxyl groups is 1. The summed E-state index contributed by atoms with van der Waals surface area (Å²) in [4.78, 5) is 4.29. The smallest absolute Gasteiger partial charge is 0.123 e. The van der Waals surface area contributed by atoms with Crippen LogP contribution in [0.2, 0.25) is 0 Å². The lowest BCUT2D eigenvalue weighted by atomic mass is 10.1. The molecule has 0 saturated heterocycles. The molecular formula is C18H18N2O. The van der Waals surface area contributed by atoms with Crippen LogP contribution >= 0.6 is 0 Å². The highest BCUT2D eigenvalue weighted by Crippen LogP contribution is 2.28. The molecule has 0 bridgehead atoms. The van der Waals surface area contributed by atoms with Crippen molar-refractivity contribution >= 4 is 16.5 Å². The number of benzene rings is 2. The molecular weight excluding hydrogens is 260 g/mol. The third kappa shape index (κ3) is 2.55. The van der Waals surface area contributed by atoms with Gasteiger partial charge < -0.3 is 10.4 Å². The lowest BCUT2D eigenvalue weighted by Crippen LogP contribution is -2.02. The zero-order chi connectivity index (χ0) is 14.8. The zero-order valence-corrected chi connectivity index (χ0v) is 12.2. The Morgan fingerprint density at radius 3 is 2.71 bits per heavy atom. The Bertz CT molecular complexity index is 791. The fourth-order valence-electron chi connectivity index (χ4n) is 2.54. The van der Waals surface area contributed by atoms with E-state index in [4.69, 9.17) is 0 Å². The minimum Gasteiger partial charge on any atom is -0.507 e. The second kappa shape index (κ2) is 5.44. The van der Waals surface area contributed by atoms with Crippen molar-refractivity contribution < 1.29 is 5.11 Å². The van der Waals surface area contributed by atoms with Crippen molar-refractivity contribution in [3.8, 4) is 5.75 Å². The molecule has 0 unspecified atom stereocenters. The molecule has 1 aromatic heterocycles. The summed E-state index contributed by atoms with van der Waals surface area (Å²) >= 11 is 0. The maximum Gasteiger partial charge on any atom is 0.123 e. The molecule has 3 heteroatoms. The lowest BCUT2D eigenvalue weighted by molar-refractivity contribution is 0.467. The first-order valence-electron chi connectivity index (χ1n) is 7.01. The van der Waals surface area contributed by atoms with Crippen LogP contribution in [-0.2, 0) is 6.54 Å². The van der Waals surface area contributed by atoms with E-state index in [1.807, 2.05) is 50.5 Å². The van der Waals surface area contributed by atoms with Crippen molar-refractivity contribution in [3.63, 3.8) is 0 Å². The average Bonchev–Trinajstić information content (AvgIpc) is 2.52. The summed E-state index contributed by atoms with van der Waals surface area (Å²) in [7, 11) is 0. The molecule has 3 aromatic rings. The van der Waals surface area contributed by atoms with Gasteiger partial charge in [0, 0.05) is 35.6 Å². The third-order valence-corrected chi connectivity index (χ3v) is 3.85. The van der Waals surface area contributed by atoms with Crippen LogP contribution in [0.1, 0.15) is 16.7 Å². The van der Waals surface area contributed by atoms with Gasteiger partial charge in [-0.2, -0.15) is 0 Å². The maximum absolute atomic E-state index is 10.0. The Labute approximate surface area is 124 Å². The number of anilines is 1. The van der Waals surface area contributed by atoms with Crippen molar-refractivity contribution in [2.45, 2.75) is 20.4 Å². The number of nitrogens with zero attached hydrogens (tertiary/aromatic N) is 1. The van der Waals surface area contributed by atoms with Gasteiger partial charge in [-0.15, -0.1) is 0 Å². The fourth-order valence-corrected chi connectivity index (χ4v) is 2.54. The first-order chi connectivity index (χ1) is 10.2. The molecule has 0 amide bonds. The predicted molar refractivity (Wildman–Crippen MR) is 86.7 cm³/mol. The number of fused-ring (bicyclic) bond motifs is 1. The van der Waals surface area contributed by atoms with Crippen molar-refractivity contribution in [2.75, 3.05) is 5.32 Å². The molecule has 2 aromatic carbocycles. The van der Waals surface area contributed by atoms with Crippen LogP contribution in [0, 0.1) is 13.8 Å². The quantitative estimate of drug-likeness (QED) is 0.755. The van der Waals surface area contributed by atoms with E-state index < -0.39 is 0 Å². The van der Waals surface area contributed by atoms with Gasteiger partial charge in [0.25, 0.3) is 0 Å². The van der Waals surface area contributed by atoms with Crippen LogP contribution in [-0.4, -0.2) is 10.1 Å². The van der Waals surface area contributed by atoms with E-state index in [2.05, 4.69) is 22.4 Å². The molecule has 0 fully saturated rings. The minimum atomic E-state index is 0.357. The number of aryl methyl sites for hydroxylation is 1. The van der Waals surface area contributed by atoms with Gasteiger partial charge in [0.05, 0.1) is 0 Å². The summed E-state index contributed by atoms with van der Waals surface area (Å²) < 4.78 is 0. The van der Waals surface area contributed by atoms with Gasteiger partial charge in [-0.3, -0.25) is 4.98 Å². The van der Waals surface area contributed by atoms with Gasteiger partial charge in [-0.05, 0) is 36.4 Å². The summed E-state index contributed by atoms with van der Waals surface area (Å²) in [5, 5.41) is 15.7. The molecule has 0 aliphatic carbocycles. The fraction of sp³-hybridized carbons (Fsp3) is 0.167. The van der Waals surface area contributed by atoms with E-state index in [1.165, 1.54) is 5.39 Å². The average molecular weight is 278 g/mol. The van der Waals surface area contributed by atoms with Crippen LogP contribution < -0.4 is 5.32 Å². The van der Waals surface area contributed by atoms with Gasteiger partial charge in [-0.25, -0.2) is 0 Å². The van der Waals surface area contributed by atoms with Crippen LogP contribution in [0.25, 0.3) is 10.8 Å². The minimum absolute atomic E-state index is 0.357. The number of rotatable bonds is 3. The van der Waals surface area contributed by atoms with Crippen molar-refractivity contribution in [1.29, 1.82) is 0 Å². The number of nitrogens with one attached hydrogen (secondary N) is 1. The van der Waals surface area contributed by atoms with Gasteiger partial charge >= 0.3 is 0 Å². The topological polar surface area (TPSA) is 45.2 Å². The highest BCUT2D eigenvalue weighted by atomic mass is 16.3. The second-order valence-electron chi connectivity index (χ2n) is 5.28. The first kappa shape index (κ1) is 13.4. The molecule has 0 spiro atoms. The zero-order valence-electron chi connectivity index (χ0n) is 12.2. The van der Waals surface area contributed by atoms with Crippen LogP contribution in [0.5, 0.6) is 5.75 Å². The predicted octanol–water partition coefficient (Wildman–Crippen LogP) is 4.17. The number of phenols is 1. The van der Waals surface area contributed by atoms with E-state index in [0.29, 0.717) is 12.3 Å². The number of phenolic OH excluding ortho intramolecular Hbond substituents is 1. The first-order valence-corrected chi connectivity index (χ1v) is 7.01. The largest absolute Gasteiger partial charge is 0.507 e. The van der Waals surface area contributed by atoms with Crippen LogP contribution in [0.15, 0.2) is 48.8 Å². The van der Waals surface area contributed by atoms with Crippen molar-refractivity contribution in [3.05, 3.63) is 65.5 Å². The van der Waals surface area contributed by atoms with Crippen LogP contribution in [0.3, 0.4) is 0 Å². The molecule has 0 aliphatic rings. The molecule has 0 radical (unpaired) electrons. The molecule has 3 nitrogen and oxygen atoms in total. The van der Waals surface area contributed by atoms with Crippen molar-refractivity contribution in [2.24, 2.45) is 0 Å². The molecule has 106 valence electrons. The van der Waals surface area contributed by atoms with Gasteiger partial charge in [0.2, 0.25) is 0 Å². The van der Waals surface area contributed by atoms with E-state index in [1.54, 1.807) is 0 Å². The van der Waals surface area contributed by atoms with Gasteiger partial charge in [0.15, 0.2) is 0 Å². The Hall–Kier alpha value is -2.55. The van der Waals surface area contributed by atoms with E-state index in [0.717, 1.165) is 27.8 Å². The number of aromatic nitrogens is 1. The van der Waals surface area contributed by atoms with E-state index >= 15 is 0 Å². The monoisotopic (exact) mass is 278 g/mol. The normalized spacial score (nSPS) is 10.8. The number of pyridine rings is 1. The Morgan fingerprint density at radius 2 is 1.86 bits per heavy atom. The molecule has 21 heavy (non-hydrogen) atoms. The van der Waals surface area contributed by atoms with Crippen molar-refractivity contribution in [1.82, 2.24) is 4.98 Å². The third-order valence-electron chi connectivity index (χ3n) is 3.85. The number of hydrogen-bond acceptors (Lipinski definition) is 3. The highest BCUT2D eigenvalue weighted by Gasteiger charge is 2.07. The molecule has 2 N–H and O–H groups in total.